The maximum Gasteiger partial charge on any atom is 0.260 e. The zero-order chi connectivity index (χ0) is 33.9. The third kappa shape index (κ3) is 6.79. The van der Waals surface area contributed by atoms with Crippen LogP contribution in [0.1, 0.15) is 112 Å². The number of nitrogens with zero attached hydrogens (tertiary/aromatic N) is 2. The van der Waals surface area contributed by atoms with Crippen molar-refractivity contribution in [3.63, 3.8) is 0 Å². The quantitative estimate of drug-likeness (QED) is 0.108. The highest BCUT2D eigenvalue weighted by Crippen LogP contribution is 2.55. The van der Waals surface area contributed by atoms with Gasteiger partial charge in [0, 0.05) is 42.4 Å². The number of anilines is 2. The number of carbonyl (C=O) groups is 2. The number of carbonyl (C=O) groups excluding carboxylic acids is 2. The van der Waals surface area contributed by atoms with Crippen LogP contribution in [0.2, 0.25) is 0 Å². The molecule has 0 saturated heterocycles. The van der Waals surface area contributed by atoms with Crippen LogP contribution in [-0.2, 0) is 22.4 Å². The van der Waals surface area contributed by atoms with Crippen molar-refractivity contribution in [2.24, 2.45) is 11.8 Å². The van der Waals surface area contributed by atoms with Gasteiger partial charge in [0.1, 0.15) is 0 Å². The van der Waals surface area contributed by atoms with Crippen LogP contribution in [0.4, 0.5) is 11.4 Å². The highest BCUT2D eigenvalue weighted by atomic mass is 32.1. The van der Waals surface area contributed by atoms with Crippen LogP contribution in [0, 0.1) is 11.8 Å². The summed E-state index contributed by atoms with van der Waals surface area (Å²) in [4.78, 5) is 43.1. The normalized spacial score (nSPS) is 17.1. The minimum absolute atomic E-state index is 0.00620. The van der Waals surface area contributed by atoms with E-state index in [0.717, 1.165) is 72.5 Å². The maximum atomic E-state index is 14.7. The van der Waals surface area contributed by atoms with Crippen LogP contribution in [0.25, 0.3) is 30.7 Å². The molecule has 0 N–H and O–H groups in total. The van der Waals surface area contributed by atoms with Gasteiger partial charge in [0.25, 0.3) is 11.8 Å². The summed E-state index contributed by atoms with van der Waals surface area (Å²) >= 11 is 7.07. The van der Waals surface area contributed by atoms with E-state index in [1.165, 1.54) is 42.1 Å². The fourth-order valence-corrected chi connectivity index (χ4v) is 11.5. The second-order valence-corrected chi connectivity index (χ2v) is 17.7. The summed E-state index contributed by atoms with van der Waals surface area (Å²) in [5.41, 5.74) is 3.24. The Kier molecular flexibility index (Phi) is 11.5. The molecule has 6 heterocycles. The minimum atomic E-state index is 0.00620. The molecule has 0 fully saturated rings. The van der Waals surface area contributed by atoms with Crippen molar-refractivity contribution in [1.82, 2.24) is 0 Å². The van der Waals surface area contributed by atoms with Crippen molar-refractivity contribution in [3.8, 4) is 19.5 Å². The van der Waals surface area contributed by atoms with Gasteiger partial charge in [0.05, 0.1) is 32.3 Å². The zero-order valence-corrected chi connectivity index (χ0v) is 32.7. The molecule has 8 heteroatoms. The lowest BCUT2D eigenvalue weighted by Gasteiger charge is -2.24. The predicted octanol–water partition coefficient (Wildman–Crippen LogP) is 12.4. The molecule has 2 unspecified atom stereocenters. The van der Waals surface area contributed by atoms with Crippen LogP contribution in [0.3, 0.4) is 0 Å². The lowest BCUT2D eigenvalue weighted by Crippen LogP contribution is -2.34. The van der Waals surface area contributed by atoms with Crippen molar-refractivity contribution in [1.29, 1.82) is 0 Å². The highest BCUT2D eigenvalue weighted by Gasteiger charge is 2.45. The fraction of sp³-hybridized carbons (Fsp3) is 0.500. The molecule has 0 spiro atoms. The van der Waals surface area contributed by atoms with Crippen molar-refractivity contribution in [2.45, 2.75) is 106 Å². The van der Waals surface area contributed by atoms with Gasteiger partial charge in [-0.25, -0.2) is 0 Å². The van der Waals surface area contributed by atoms with Gasteiger partial charge in [0.2, 0.25) is 0 Å². The lowest BCUT2D eigenvalue weighted by atomic mass is 9.98. The van der Waals surface area contributed by atoms with Crippen molar-refractivity contribution in [3.05, 3.63) is 55.9 Å². The second kappa shape index (κ2) is 15.6. The van der Waals surface area contributed by atoms with Crippen LogP contribution in [-0.4, -0.2) is 24.9 Å². The number of aryl methyl sites for hydroxylation is 2. The molecule has 0 saturated carbocycles. The Hall–Kier alpha value is -2.52. The van der Waals surface area contributed by atoms with E-state index in [1.54, 1.807) is 22.7 Å². The molecule has 0 radical (unpaired) electrons. The molecule has 4 aromatic rings. The maximum absolute atomic E-state index is 14.7. The molecule has 6 rings (SSSR count). The van der Waals surface area contributed by atoms with Crippen molar-refractivity contribution < 1.29 is 9.59 Å². The first-order valence-electron chi connectivity index (χ1n) is 18.2. The van der Waals surface area contributed by atoms with E-state index in [2.05, 4.69) is 77.9 Å². The lowest BCUT2D eigenvalue weighted by molar-refractivity contribution is -0.114. The number of hydrogen-bond acceptors (Lipinski definition) is 6. The van der Waals surface area contributed by atoms with Crippen LogP contribution in [0.15, 0.2) is 36.4 Å². The van der Waals surface area contributed by atoms with E-state index in [4.69, 9.17) is 0 Å². The molecule has 2 atom stereocenters. The summed E-state index contributed by atoms with van der Waals surface area (Å²) in [6.45, 7) is 14.8. The summed E-state index contributed by atoms with van der Waals surface area (Å²) in [6.07, 6.45) is 11.0. The first-order chi connectivity index (χ1) is 23.3. The van der Waals surface area contributed by atoms with Gasteiger partial charge < -0.3 is 9.80 Å². The first kappa shape index (κ1) is 35.3. The largest absolute Gasteiger partial charge is 0.307 e. The Balaban J connectivity index is 1.50. The average Bonchev–Trinajstić information content (AvgIpc) is 3.95. The van der Waals surface area contributed by atoms with Crippen LogP contribution in [0.5, 0.6) is 0 Å². The molecular weight excluding hydrogens is 669 g/mol. The Morgan fingerprint density at radius 2 is 0.979 bits per heavy atom. The van der Waals surface area contributed by atoms with Gasteiger partial charge >= 0.3 is 0 Å². The number of fused-ring (bicyclic) bond motifs is 2. The molecule has 0 bridgehead atoms. The molecule has 0 aromatic carbocycles. The second-order valence-electron chi connectivity index (χ2n) is 13.3. The zero-order valence-electron chi connectivity index (χ0n) is 29.4. The number of thiophene rings is 4. The molecule has 2 aliphatic heterocycles. The fourth-order valence-electron chi connectivity index (χ4n) is 7.00. The van der Waals surface area contributed by atoms with E-state index in [0.29, 0.717) is 36.1 Å². The summed E-state index contributed by atoms with van der Waals surface area (Å²) in [5.74, 6) is 0.870. The number of amides is 2. The van der Waals surface area contributed by atoms with Crippen LogP contribution < -0.4 is 9.80 Å². The number of unbranched alkanes of at least 4 members (excludes halogenated alkanes) is 2. The molecule has 256 valence electrons. The van der Waals surface area contributed by atoms with Gasteiger partial charge in [-0.05, 0) is 73.9 Å². The molecule has 0 aliphatic carbocycles. The first-order valence-corrected chi connectivity index (χ1v) is 21.5. The van der Waals surface area contributed by atoms with Gasteiger partial charge in [-0.1, -0.05) is 80.1 Å². The van der Waals surface area contributed by atoms with Crippen molar-refractivity contribution in [2.75, 3.05) is 22.9 Å². The predicted molar refractivity (Wildman–Crippen MR) is 212 cm³/mol. The number of rotatable bonds is 16. The van der Waals surface area contributed by atoms with E-state index in [1.807, 2.05) is 32.5 Å². The Bertz CT molecular complexity index is 1660. The van der Waals surface area contributed by atoms with Crippen LogP contribution >= 0.6 is 45.3 Å². The molecule has 2 aliphatic rings. The molecule has 4 nitrogen and oxygen atoms in total. The smallest absolute Gasteiger partial charge is 0.260 e. The molecule has 2 amide bonds. The molecule has 48 heavy (non-hydrogen) atoms. The summed E-state index contributed by atoms with van der Waals surface area (Å²) in [6, 6.07) is 13.4. The molecule has 4 aromatic heterocycles. The van der Waals surface area contributed by atoms with E-state index < -0.39 is 0 Å². The topological polar surface area (TPSA) is 40.6 Å². The third-order valence-electron chi connectivity index (χ3n) is 10.1. The van der Waals surface area contributed by atoms with Gasteiger partial charge in [-0.15, -0.1) is 45.3 Å². The Morgan fingerprint density at radius 1 is 0.562 bits per heavy atom. The highest BCUT2D eigenvalue weighted by molar-refractivity contribution is 7.24. The van der Waals surface area contributed by atoms with E-state index >= 15 is 0 Å². The summed E-state index contributed by atoms with van der Waals surface area (Å²) in [5, 5.41) is 0. The van der Waals surface area contributed by atoms with Gasteiger partial charge in [-0.3, -0.25) is 9.59 Å². The SMILES string of the molecule is CCCCC(CC)CN1C(=O)/C(=C2\C(=O)N(CC(CC)CCCC)c3cc(-c4ccc(CC)s4)sc32)c2sc(-c3ccc(CC)s3)cc21. The van der Waals surface area contributed by atoms with Gasteiger partial charge in [0.15, 0.2) is 0 Å². The van der Waals surface area contributed by atoms with Gasteiger partial charge in [-0.2, -0.15) is 0 Å². The standard InChI is InChI=1S/C40H50N2O2S4/c1-7-13-15-25(9-3)23-41-29-21-33(31-19-17-27(11-5)45-31)47-37(29)35(39(41)43)36-38-30(22-34(48-38)32-20-18-28(12-6)46-32)42(40(36)44)24-26(10-4)16-14-8-2/h17-22,25-26H,7-16,23-24H2,1-6H3/b36-35-. The Labute approximate surface area is 303 Å². The number of hydrogen-bond donors (Lipinski definition) is 0. The van der Waals surface area contributed by atoms with Crippen molar-refractivity contribution >= 4 is 79.7 Å². The Morgan fingerprint density at radius 3 is 1.31 bits per heavy atom. The third-order valence-corrected chi connectivity index (χ3v) is 15.2. The minimum Gasteiger partial charge on any atom is -0.307 e. The molecular formula is C40H50N2O2S4. The average molecular weight is 719 g/mol. The summed E-state index contributed by atoms with van der Waals surface area (Å²) in [7, 11) is 0. The van der Waals surface area contributed by atoms with E-state index in [-0.39, 0.29) is 11.8 Å². The van der Waals surface area contributed by atoms with E-state index in [9.17, 15) is 9.59 Å². The summed E-state index contributed by atoms with van der Waals surface area (Å²) < 4.78 is 0. The monoisotopic (exact) mass is 718 g/mol.